The van der Waals surface area contributed by atoms with Gasteiger partial charge >= 0.3 is 5.97 Å². The van der Waals surface area contributed by atoms with E-state index in [4.69, 9.17) is 16.7 Å². The molecule has 0 aliphatic carbocycles. The van der Waals surface area contributed by atoms with Crippen LogP contribution in [0.3, 0.4) is 0 Å². The van der Waals surface area contributed by atoms with Crippen LogP contribution in [-0.4, -0.2) is 39.5 Å². The Morgan fingerprint density at radius 3 is 2.85 bits per heavy atom. The quantitative estimate of drug-likeness (QED) is 0.927. The fourth-order valence-corrected chi connectivity index (χ4v) is 2.62. The molecule has 1 amide bonds. The van der Waals surface area contributed by atoms with Crippen LogP contribution in [0.5, 0.6) is 0 Å². The van der Waals surface area contributed by atoms with Crippen LogP contribution in [0.2, 0.25) is 5.02 Å². The van der Waals surface area contributed by atoms with E-state index >= 15 is 0 Å². The molecule has 1 aromatic heterocycles. The maximum atomic E-state index is 12.4. The van der Waals surface area contributed by atoms with Crippen molar-refractivity contribution in [2.45, 2.75) is 38.1 Å². The third kappa shape index (κ3) is 3.70. The molecule has 0 radical (unpaired) electrons. The van der Waals surface area contributed by atoms with Gasteiger partial charge in [0.25, 0.3) is 5.91 Å². The molecule has 0 bridgehead atoms. The number of hydrogen-bond acceptors (Lipinski definition) is 3. The van der Waals surface area contributed by atoms with Crippen LogP contribution >= 0.6 is 11.6 Å². The zero-order chi connectivity index (χ0) is 14.5. The molecule has 0 spiro atoms. The first-order valence-electron chi connectivity index (χ1n) is 6.72. The van der Waals surface area contributed by atoms with E-state index in [1.165, 1.54) is 6.20 Å². The summed E-state index contributed by atoms with van der Waals surface area (Å²) in [4.78, 5) is 28.9. The van der Waals surface area contributed by atoms with Crippen LogP contribution in [0.25, 0.3) is 0 Å². The second-order valence-corrected chi connectivity index (χ2v) is 5.38. The summed E-state index contributed by atoms with van der Waals surface area (Å²) >= 11 is 5.76. The minimum absolute atomic E-state index is 0.00942. The fourth-order valence-electron chi connectivity index (χ4n) is 2.51. The van der Waals surface area contributed by atoms with Gasteiger partial charge in [0.2, 0.25) is 0 Å². The van der Waals surface area contributed by atoms with E-state index in [1.54, 1.807) is 17.0 Å². The summed E-state index contributed by atoms with van der Waals surface area (Å²) < 4.78 is 0. The summed E-state index contributed by atoms with van der Waals surface area (Å²) in [6.45, 7) is 0.660. The monoisotopic (exact) mass is 296 g/mol. The molecule has 0 saturated carbocycles. The maximum absolute atomic E-state index is 12.4. The summed E-state index contributed by atoms with van der Waals surface area (Å²) in [6.07, 6.45) is 4.86. The first-order chi connectivity index (χ1) is 9.58. The summed E-state index contributed by atoms with van der Waals surface area (Å²) in [7, 11) is 0. The molecule has 2 heterocycles. The lowest BCUT2D eigenvalue weighted by atomic mass is 9.97. The van der Waals surface area contributed by atoms with Crippen molar-refractivity contribution in [3.63, 3.8) is 0 Å². The van der Waals surface area contributed by atoms with Crippen molar-refractivity contribution < 1.29 is 14.7 Å². The standard InChI is InChI=1S/C14H17ClN2O3/c15-10-4-6-12(16-9-10)14(20)17-8-2-1-3-11(17)5-7-13(18)19/h4,6,9,11H,1-3,5,7-8H2,(H,18,19)/t11-/m0/s1. The highest BCUT2D eigenvalue weighted by Gasteiger charge is 2.28. The molecule has 1 aliphatic heterocycles. The van der Waals surface area contributed by atoms with E-state index in [-0.39, 0.29) is 18.4 Å². The summed E-state index contributed by atoms with van der Waals surface area (Å²) in [5.74, 6) is -0.968. The molecule has 6 heteroatoms. The third-order valence-electron chi connectivity index (χ3n) is 3.53. The number of carbonyl (C=O) groups is 2. The van der Waals surface area contributed by atoms with Crippen molar-refractivity contribution in [3.05, 3.63) is 29.0 Å². The first kappa shape index (κ1) is 14.8. The fraction of sp³-hybridized carbons (Fsp3) is 0.500. The highest BCUT2D eigenvalue weighted by atomic mass is 35.5. The molecular formula is C14H17ClN2O3. The number of aliphatic carboxylic acids is 1. The van der Waals surface area contributed by atoms with Gasteiger partial charge < -0.3 is 10.0 Å². The van der Waals surface area contributed by atoms with Crippen LogP contribution in [0.15, 0.2) is 18.3 Å². The zero-order valence-corrected chi connectivity index (χ0v) is 11.8. The van der Waals surface area contributed by atoms with Crippen LogP contribution in [0.1, 0.15) is 42.6 Å². The molecule has 1 saturated heterocycles. The van der Waals surface area contributed by atoms with Gasteiger partial charge in [0.1, 0.15) is 5.69 Å². The molecule has 0 aromatic carbocycles. The minimum Gasteiger partial charge on any atom is -0.481 e. The topological polar surface area (TPSA) is 70.5 Å². The number of aromatic nitrogens is 1. The molecule has 1 atom stereocenters. The SMILES string of the molecule is O=C(O)CC[C@@H]1CCCCN1C(=O)c1ccc(Cl)cn1. The van der Waals surface area contributed by atoms with Crippen molar-refractivity contribution in [1.82, 2.24) is 9.88 Å². The number of carboxylic acids is 1. The van der Waals surface area contributed by atoms with Gasteiger partial charge in [0.15, 0.2) is 0 Å². The van der Waals surface area contributed by atoms with Gasteiger partial charge in [-0.05, 0) is 37.8 Å². The van der Waals surface area contributed by atoms with Crippen LogP contribution in [0.4, 0.5) is 0 Å². The predicted octanol–water partition coefficient (Wildman–Crippen LogP) is 2.59. The molecule has 2 rings (SSSR count). The van der Waals surface area contributed by atoms with E-state index in [0.717, 1.165) is 19.3 Å². The highest BCUT2D eigenvalue weighted by Crippen LogP contribution is 2.23. The van der Waals surface area contributed by atoms with Crippen molar-refractivity contribution in [1.29, 1.82) is 0 Å². The van der Waals surface area contributed by atoms with E-state index in [1.807, 2.05) is 0 Å². The van der Waals surface area contributed by atoms with Crippen molar-refractivity contribution in [2.24, 2.45) is 0 Å². The summed E-state index contributed by atoms with van der Waals surface area (Å²) in [5.41, 5.74) is 0.358. The Labute approximate surface area is 122 Å². The van der Waals surface area contributed by atoms with Crippen LogP contribution < -0.4 is 0 Å². The molecular weight excluding hydrogens is 280 g/mol. The number of carboxylic acid groups (broad SMARTS) is 1. The molecule has 0 unspecified atom stereocenters. The largest absolute Gasteiger partial charge is 0.481 e. The highest BCUT2D eigenvalue weighted by molar-refractivity contribution is 6.30. The summed E-state index contributed by atoms with van der Waals surface area (Å²) in [6, 6.07) is 3.23. The van der Waals surface area contributed by atoms with Crippen LogP contribution in [-0.2, 0) is 4.79 Å². The number of amides is 1. The number of pyridine rings is 1. The normalized spacial score (nSPS) is 18.9. The smallest absolute Gasteiger partial charge is 0.303 e. The van der Waals surface area contributed by atoms with Crippen molar-refractivity contribution in [3.8, 4) is 0 Å². The van der Waals surface area contributed by atoms with E-state index < -0.39 is 5.97 Å². The first-order valence-corrected chi connectivity index (χ1v) is 7.10. The average molecular weight is 297 g/mol. The van der Waals surface area contributed by atoms with Gasteiger partial charge in [-0.2, -0.15) is 0 Å². The van der Waals surface area contributed by atoms with Crippen LogP contribution in [0, 0.1) is 0 Å². The van der Waals surface area contributed by atoms with Crippen molar-refractivity contribution in [2.75, 3.05) is 6.54 Å². The number of hydrogen-bond donors (Lipinski definition) is 1. The number of piperidine rings is 1. The molecule has 5 nitrogen and oxygen atoms in total. The van der Waals surface area contributed by atoms with E-state index in [2.05, 4.69) is 4.98 Å². The lowest BCUT2D eigenvalue weighted by molar-refractivity contribution is -0.137. The Morgan fingerprint density at radius 1 is 1.40 bits per heavy atom. The number of likely N-dealkylation sites (tertiary alicyclic amines) is 1. The zero-order valence-electron chi connectivity index (χ0n) is 11.1. The lowest BCUT2D eigenvalue weighted by Crippen LogP contribution is -2.44. The van der Waals surface area contributed by atoms with Crippen molar-refractivity contribution >= 4 is 23.5 Å². The molecule has 1 aromatic rings. The van der Waals surface area contributed by atoms with Gasteiger partial charge in [-0.25, -0.2) is 4.98 Å². The van der Waals surface area contributed by atoms with E-state index in [0.29, 0.717) is 23.7 Å². The molecule has 108 valence electrons. The Bertz CT molecular complexity index is 490. The van der Waals surface area contributed by atoms with Gasteiger partial charge in [-0.1, -0.05) is 11.6 Å². The second-order valence-electron chi connectivity index (χ2n) is 4.94. The number of halogens is 1. The van der Waals surface area contributed by atoms with E-state index in [9.17, 15) is 9.59 Å². The average Bonchev–Trinajstić information content (AvgIpc) is 2.45. The number of nitrogens with zero attached hydrogens (tertiary/aromatic N) is 2. The second kappa shape index (κ2) is 6.70. The Hall–Kier alpha value is -1.62. The molecule has 1 fully saturated rings. The lowest BCUT2D eigenvalue weighted by Gasteiger charge is -2.35. The van der Waals surface area contributed by atoms with Gasteiger partial charge in [0.05, 0.1) is 5.02 Å². The predicted molar refractivity (Wildman–Crippen MR) is 74.8 cm³/mol. The number of carbonyl (C=O) groups excluding carboxylic acids is 1. The third-order valence-corrected chi connectivity index (χ3v) is 3.75. The molecule has 1 aliphatic rings. The maximum Gasteiger partial charge on any atom is 0.303 e. The van der Waals surface area contributed by atoms with Gasteiger partial charge in [-0.15, -0.1) is 0 Å². The summed E-state index contributed by atoms with van der Waals surface area (Å²) in [5, 5.41) is 9.27. The Kier molecular flexibility index (Phi) is 4.95. The Balaban J connectivity index is 2.08. The molecule has 1 N–H and O–H groups in total. The Morgan fingerprint density at radius 2 is 2.20 bits per heavy atom. The van der Waals surface area contributed by atoms with Gasteiger partial charge in [-0.3, -0.25) is 9.59 Å². The number of rotatable bonds is 4. The molecule has 20 heavy (non-hydrogen) atoms. The minimum atomic E-state index is -0.826. The van der Waals surface area contributed by atoms with Gasteiger partial charge in [0, 0.05) is 25.2 Å².